The molecule has 1 amide bonds. The number of nitrogens with one attached hydrogen (secondary N) is 2. The summed E-state index contributed by atoms with van der Waals surface area (Å²) in [6, 6.07) is 6.22. The molecule has 1 aliphatic rings. The van der Waals surface area contributed by atoms with Crippen molar-refractivity contribution in [2.75, 3.05) is 31.5 Å². The predicted octanol–water partition coefficient (Wildman–Crippen LogP) is 2.64. The Morgan fingerprint density at radius 2 is 2.19 bits per heavy atom. The van der Waals surface area contributed by atoms with E-state index in [1.54, 1.807) is 0 Å². The number of amides is 1. The number of aryl methyl sites for hydroxylation is 1. The van der Waals surface area contributed by atoms with Crippen molar-refractivity contribution in [3.63, 3.8) is 0 Å². The number of nitrogens with zero attached hydrogens (tertiary/aromatic N) is 1. The monoisotopic (exact) mass is 289 g/mol. The largest absolute Gasteiger partial charge is 0.385 e. The molecule has 1 aromatic carbocycles. The lowest BCUT2D eigenvalue weighted by Crippen LogP contribution is -2.47. The van der Waals surface area contributed by atoms with Gasteiger partial charge in [0.2, 0.25) is 0 Å². The Labute approximate surface area is 127 Å². The minimum absolute atomic E-state index is 0.0360. The van der Waals surface area contributed by atoms with Gasteiger partial charge >= 0.3 is 0 Å². The summed E-state index contributed by atoms with van der Waals surface area (Å²) < 4.78 is 0. The van der Waals surface area contributed by atoms with Crippen LogP contribution in [0, 0.1) is 6.92 Å². The van der Waals surface area contributed by atoms with E-state index >= 15 is 0 Å². The fourth-order valence-electron chi connectivity index (χ4n) is 2.92. The maximum atomic E-state index is 12.5. The molecule has 116 valence electrons. The van der Waals surface area contributed by atoms with Crippen LogP contribution >= 0.6 is 0 Å². The molecule has 1 unspecified atom stereocenters. The third kappa shape index (κ3) is 4.21. The lowest BCUT2D eigenvalue weighted by Gasteiger charge is -2.32. The predicted molar refractivity (Wildman–Crippen MR) is 87.9 cm³/mol. The lowest BCUT2D eigenvalue weighted by atomic mass is 10.0. The Kier molecular flexibility index (Phi) is 5.62. The molecule has 1 fully saturated rings. The van der Waals surface area contributed by atoms with E-state index < -0.39 is 0 Å². The van der Waals surface area contributed by atoms with E-state index in [1.165, 1.54) is 0 Å². The van der Waals surface area contributed by atoms with Gasteiger partial charge in [0.15, 0.2) is 0 Å². The third-order valence-electron chi connectivity index (χ3n) is 4.07. The zero-order valence-electron chi connectivity index (χ0n) is 13.4. The number of piperidine rings is 1. The van der Waals surface area contributed by atoms with Crippen molar-refractivity contribution in [1.29, 1.82) is 0 Å². The maximum Gasteiger partial charge on any atom is 0.253 e. The molecule has 21 heavy (non-hydrogen) atoms. The number of benzene rings is 1. The van der Waals surface area contributed by atoms with Gasteiger partial charge in [0.05, 0.1) is 5.56 Å². The molecule has 4 nitrogen and oxygen atoms in total. The van der Waals surface area contributed by atoms with Gasteiger partial charge in [0.25, 0.3) is 5.91 Å². The summed E-state index contributed by atoms with van der Waals surface area (Å²) in [7, 11) is 0. The van der Waals surface area contributed by atoms with E-state index in [2.05, 4.69) is 22.5 Å². The van der Waals surface area contributed by atoms with Crippen LogP contribution in [0.1, 0.15) is 42.6 Å². The van der Waals surface area contributed by atoms with Crippen LogP contribution in [0.25, 0.3) is 0 Å². The molecular weight excluding hydrogens is 262 g/mol. The highest BCUT2D eigenvalue weighted by molar-refractivity contribution is 5.99. The number of rotatable bonds is 5. The SMILES string of the molecule is CCNc1cc(C)ccc1C(=O)NC1CCCN(CC)C1. The standard InChI is InChI=1S/C17H27N3O/c1-4-18-16-11-13(3)8-9-15(16)17(21)19-14-7-6-10-20(5-2)12-14/h8-9,11,14,18H,4-7,10,12H2,1-3H3,(H,19,21). The summed E-state index contributed by atoms with van der Waals surface area (Å²) in [5.41, 5.74) is 2.84. The highest BCUT2D eigenvalue weighted by atomic mass is 16.1. The second kappa shape index (κ2) is 7.46. The minimum Gasteiger partial charge on any atom is -0.385 e. The molecule has 0 aliphatic carbocycles. The Morgan fingerprint density at radius 3 is 2.90 bits per heavy atom. The summed E-state index contributed by atoms with van der Waals surface area (Å²) in [5, 5.41) is 6.48. The fourth-order valence-corrected chi connectivity index (χ4v) is 2.92. The number of likely N-dealkylation sites (N-methyl/N-ethyl adjacent to an activating group) is 1. The summed E-state index contributed by atoms with van der Waals surface area (Å²) in [6.45, 7) is 10.2. The molecule has 2 rings (SSSR count). The second-order valence-electron chi connectivity index (χ2n) is 5.79. The highest BCUT2D eigenvalue weighted by Crippen LogP contribution is 2.18. The molecule has 1 saturated heterocycles. The van der Waals surface area contributed by atoms with E-state index in [4.69, 9.17) is 0 Å². The summed E-state index contributed by atoms with van der Waals surface area (Å²) >= 11 is 0. The number of hydrogen-bond acceptors (Lipinski definition) is 3. The van der Waals surface area contributed by atoms with Crippen molar-refractivity contribution in [2.45, 2.75) is 39.7 Å². The first-order valence-corrected chi connectivity index (χ1v) is 8.01. The van der Waals surface area contributed by atoms with Gasteiger partial charge in [-0.15, -0.1) is 0 Å². The van der Waals surface area contributed by atoms with Crippen LogP contribution in [-0.2, 0) is 0 Å². The average Bonchev–Trinajstić information content (AvgIpc) is 2.48. The molecule has 1 aliphatic heterocycles. The van der Waals surface area contributed by atoms with Crippen LogP contribution in [0.5, 0.6) is 0 Å². The van der Waals surface area contributed by atoms with E-state index in [9.17, 15) is 4.79 Å². The molecule has 0 aromatic heterocycles. The molecular formula is C17H27N3O. The van der Waals surface area contributed by atoms with Crippen LogP contribution in [0.4, 0.5) is 5.69 Å². The Hall–Kier alpha value is -1.55. The van der Waals surface area contributed by atoms with Gasteiger partial charge in [-0.2, -0.15) is 0 Å². The summed E-state index contributed by atoms with van der Waals surface area (Å²) in [4.78, 5) is 14.9. The smallest absolute Gasteiger partial charge is 0.253 e. The zero-order chi connectivity index (χ0) is 15.2. The van der Waals surface area contributed by atoms with Crippen molar-refractivity contribution in [3.8, 4) is 0 Å². The van der Waals surface area contributed by atoms with Gasteiger partial charge in [-0.25, -0.2) is 0 Å². The molecule has 0 spiro atoms. The normalized spacial score (nSPS) is 19.3. The zero-order valence-corrected chi connectivity index (χ0v) is 13.4. The highest BCUT2D eigenvalue weighted by Gasteiger charge is 2.21. The van der Waals surface area contributed by atoms with E-state index in [0.29, 0.717) is 0 Å². The van der Waals surface area contributed by atoms with Gasteiger partial charge in [-0.3, -0.25) is 4.79 Å². The molecule has 1 heterocycles. The number of carbonyl (C=O) groups is 1. The van der Waals surface area contributed by atoms with Gasteiger partial charge in [0.1, 0.15) is 0 Å². The Morgan fingerprint density at radius 1 is 1.38 bits per heavy atom. The number of hydrogen-bond donors (Lipinski definition) is 2. The molecule has 4 heteroatoms. The van der Waals surface area contributed by atoms with Crippen LogP contribution in [0.15, 0.2) is 18.2 Å². The number of carbonyl (C=O) groups excluding carboxylic acids is 1. The van der Waals surface area contributed by atoms with Crippen LogP contribution < -0.4 is 10.6 Å². The molecule has 1 aromatic rings. The quantitative estimate of drug-likeness (QED) is 0.876. The number of anilines is 1. The average molecular weight is 289 g/mol. The lowest BCUT2D eigenvalue weighted by molar-refractivity contribution is 0.0906. The van der Waals surface area contributed by atoms with E-state index in [1.807, 2.05) is 32.0 Å². The second-order valence-corrected chi connectivity index (χ2v) is 5.79. The van der Waals surface area contributed by atoms with Crippen molar-refractivity contribution in [3.05, 3.63) is 29.3 Å². The third-order valence-corrected chi connectivity index (χ3v) is 4.07. The molecule has 0 bridgehead atoms. The molecule has 0 radical (unpaired) electrons. The molecule has 1 atom stereocenters. The first kappa shape index (κ1) is 15.8. The minimum atomic E-state index is 0.0360. The Bertz CT molecular complexity index is 487. The first-order chi connectivity index (χ1) is 10.1. The van der Waals surface area contributed by atoms with Gasteiger partial charge in [-0.1, -0.05) is 13.0 Å². The maximum absolute atomic E-state index is 12.5. The first-order valence-electron chi connectivity index (χ1n) is 8.01. The summed E-state index contributed by atoms with van der Waals surface area (Å²) in [6.07, 6.45) is 2.23. The van der Waals surface area contributed by atoms with Crippen molar-refractivity contribution in [1.82, 2.24) is 10.2 Å². The van der Waals surface area contributed by atoms with Crippen LogP contribution in [-0.4, -0.2) is 43.0 Å². The van der Waals surface area contributed by atoms with Gasteiger partial charge in [-0.05, 0) is 57.5 Å². The fraction of sp³-hybridized carbons (Fsp3) is 0.588. The molecule has 0 saturated carbocycles. The molecule has 2 N–H and O–H groups in total. The van der Waals surface area contributed by atoms with E-state index in [-0.39, 0.29) is 11.9 Å². The number of likely N-dealkylation sites (tertiary alicyclic amines) is 1. The van der Waals surface area contributed by atoms with Crippen LogP contribution in [0.2, 0.25) is 0 Å². The Balaban J connectivity index is 2.06. The summed E-state index contributed by atoms with van der Waals surface area (Å²) in [5.74, 6) is 0.0360. The van der Waals surface area contributed by atoms with Gasteiger partial charge < -0.3 is 15.5 Å². The van der Waals surface area contributed by atoms with Crippen molar-refractivity contribution < 1.29 is 4.79 Å². The van der Waals surface area contributed by atoms with Crippen molar-refractivity contribution in [2.24, 2.45) is 0 Å². The van der Waals surface area contributed by atoms with E-state index in [0.717, 1.165) is 55.8 Å². The topological polar surface area (TPSA) is 44.4 Å². The van der Waals surface area contributed by atoms with Gasteiger partial charge in [0, 0.05) is 24.8 Å². The van der Waals surface area contributed by atoms with Crippen LogP contribution in [0.3, 0.4) is 0 Å². The van der Waals surface area contributed by atoms with Crippen molar-refractivity contribution >= 4 is 11.6 Å².